The summed E-state index contributed by atoms with van der Waals surface area (Å²) in [6.07, 6.45) is 8.60. The Morgan fingerprint density at radius 1 is 1.08 bits per heavy atom. The van der Waals surface area contributed by atoms with Crippen molar-refractivity contribution in [1.29, 1.82) is 0 Å². The molecule has 0 atom stereocenters. The summed E-state index contributed by atoms with van der Waals surface area (Å²) < 4.78 is 0. The van der Waals surface area contributed by atoms with Crippen LogP contribution in [0.3, 0.4) is 0 Å². The first-order chi connectivity index (χ1) is 12.7. The number of carbonyl (C=O) groups excluding carboxylic acids is 1. The Labute approximate surface area is 154 Å². The summed E-state index contributed by atoms with van der Waals surface area (Å²) in [7, 11) is 2.12. The van der Waals surface area contributed by atoms with E-state index in [9.17, 15) is 4.79 Å². The van der Waals surface area contributed by atoms with Crippen molar-refractivity contribution in [1.82, 2.24) is 5.43 Å². The zero-order chi connectivity index (χ0) is 18.0. The Bertz CT molecular complexity index is 864. The highest BCUT2D eigenvalue weighted by molar-refractivity contribution is 5.94. The quantitative estimate of drug-likeness (QED) is 0.668. The molecule has 26 heavy (non-hydrogen) atoms. The average molecular weight is 345 g/mol. The molecule has 4 rings (SSSR count). The van der Waals surface area contributed by atoms with Gasteiger partial charge in [0.2, 0.25) is 0 Å². The number of carbonyl (C=O) groups is 1. The third-order valence-corrected chi connectivity index (χ3v) is 5.60. The Hall–Kier alpha value is -2.88. The number of benzene rings is 2. The predicted molar refractivity (Wildman–Crippen MR) is 105 cm³/mol. The molecule has 1 amide bonds. The monoisotopic (exact) mass is 345 g/mol. The van der Waals surface area contributed by atoms with Crippen LogP contribution in [0.5, 0.6) is 0 Å². The highest BCUT2D eigenvalue weighted by atomic mass is 16.2. The van der Waals surface area contributed by atoms with Gasteiger partial charge in [-0.15, -0.1) is 0 Å². The number of rotatable bonds is 3. The molecular formula is C22H23N3O. The van der Waals surface area contributed by atoms with Crippen LogP contribution in [-0.2, 0) is 5.41 Å². The van der Waals surface area contributed by atoms with Crippen molar-refractivity contribution in [2.24, 2.45) is 5.10 Å². The SMILES string of the molecule is CN1/C(=C\C=N\NC(=O)c2ccccc2)C2(CCCC2)c2ccccc21. The van der Waals surface area contributed by atoms with E-state index in [1.165, 1.54) is 42.6 Å². The second-order valence-corrected chi connectivity index (χ2v) is 7.00. The molecule has 0 saturated heterocycles. The molecule has 4 heteroatoms. The lowest BCUT2D eigenvalue weighted by Crippen LogP contribution is -2.26. The first-order valence-corrected chi connectivity index (χ1v) is 9.15. The smallest absolute Gasteiger partial charge is 0.271 e. The molecule has 2 aliphatic rings. The zero-order valence-corrected chi connectivity index (χ0v) is 15.0. The van der Waals surface area contributed by atoms with E-state index >= 15 is 0 Å². The molecule has 1 spiro atoms. The highest BCUT2D eigenvalue weighted by Gasteiger charge is 2.47. The summed E-state index contributed by atoms with van der Waals surface area (Å²) >= 11 is 0. The number of amides is 1. The van der Waals surface area contributed by atoms with Gasteiger partial charge >= 0.3 is 0 Å². The van der Waals surface area contributed by atoms with E-state index in [0.717, 1.165) is 0 Å². The fraction of sp³-hybridized carbons (Fsp3) is 0.273. The number of hydrogen-bond acceptors (Lipinski definition) is 3. The second kappa shape index (κ2) is 6.79. The van der Waals surface area contributed by atoms with Gasteiger partial charge in [-0.1, -0.05) is 49.2 Å². The number of hydrazone groups is 1. The lowest BCUT2D eigenvalue weighted by atomic mass is 9.78. The second-order valence-electron chi connectivity index (χ2n) is 7.00. The van der Waals surface area contributed by atoms with Gasteiger partial charge in [0.25, 0.3) is 5.91 Å². The minimum absolute atomic E-state index is 0.0980. The highest BCUT2D eigenvalue weighted by Crippen LogP contribution is 2.55. The van der Waals surface area contributed by atoms with Crippen LogP contribution in [-0.4, -0.2) is 19.2 Å². The van der Waals surface area contributed by atoms with Crippen molar-refractivity contribution in [3.05, 3.63) is 77.5 Å². The Morgan fingerprint density at radius 3 is 2.54 bits per heavy atom. The van der Waals surface area contributed by atoms with Crippen molar-refractivity contribution < 1.29 is 4.79 Å². The summed E-state index contributed by atoms with van der Waals surface area (Å²) in [6, 6.07) is 17.8. The van der Waals surface area contributed by atoms with E-state index in [1.807, 2.05) is 18.2 Å². The number of anilines is 1. The fourth-order valence-corrected chi connectivity index (χ4v) is 4.39. The van der Waals surface area contributed by atoms with Crippen LogP contribution in [0.2, 0.25) is 0 Å². The minimum Gasteiger partial charge on any atom is -0.347 e. The number of nitrogens with zero attached hydrogens (tertiary/aromatic N) is 2. The molecule has 0 bridgehead atoms. The van der Waals surface area contributed by atoms with Gasteiger partial charge in [0, 0.05) is 35.6 Å². The van der Waals surface area contributed by atoms with E-state index in [1.54, 1.807) is 18.3 Å². The molecule has 1 saturated carbocycles. The topological polar surface area (TPSA) is 44.7 Å². The van der Waals surface area contributed by atoms with Gasteiger partial charge in [-0.3, -0.25) is 4.79 Å². The van der Waals surface area contributed by atoms with Crippen LogP contribution in [0, 0.1) is 0 Å². The van der Waals surface area contributed by atoms with Gasteiger partial charge < -0.3 is 4.90 Å². The van der Waals surface area contributed by atoms with Gasteiger partial charge in [-0.2, -0.15) is 5.10 Å². The Balaban J connectivity index is 1.56. The number of hydrogen-bond donors (Lipinski definition) is 1. The third-order valence-electron chi connectivity index (χ3n) is 5.60. The van der Waals surface area contributed by atoms with E-state index in [4.69, 9.17) is 0 Å². The predicted octanol–water partition coefficient (Wildman–Crippen LogP) is 4.25. The number of para-hydroxylation sites is 1. The van der Waals surface area contributed by atoms with Gasteiger partial charge in [0.15, 0.2) is 0 Å². The molecule has 1 aliphatic heterocycles. The molecule has 1 N–H and O–H groups in total. The normalized spacial score (nSPS) is 19.4. The molecule has 1 fully saturated rings. The number of allylic oxidation sites excluding steroid dienone is 2. The average Bonchev–Trinajstić information content (AvgIpc) is 3.26. The molecule has 1 heterocycles. The largest absolute Gasteiger partial charge is 0.347 e. The van der Waals surface area contributed by atoms with E-state index in [2.05, 4.69) is 52.8 Å². The van der Waals surface area contributed by atoms with Crippen molar-refractivity contribution in [2.45, 2.75) is 31.1 Å². The van der Waals surface area contributed by atoms with E-state index < -0.39 is 0 Å². The van der Waals surface area contributed by atoms with Crippen LogP contribution in [0.25, 0.3) is 0 Å². The first kappa shape index (κ1) is 16.6. The van der Waals surface area contributed by atoms with E-state index in [-0.39, 0.29) is 11.3 Å². The standard InChI is InChI=1S/C22H23N3O/c1-25-19-12-6-5-11-18(19)22(14-7-8-15-22)20(25)13-16-23-24-21(26)17-9-3-2-4-10-17/h2-6,9-13,16H,7-8,14-15H2,1H3,(H,24,26)/b20-13-,23-16+. The fourth-order valence-electron chi connectivity index (χ4n) is 4.39. The van der Waals surface area contributed by atoms with Crippen LogP contribution in [0.1, 0.15) is 41.6 Å². The van der Waals surface area contributed by atoms with Crippen LogP contribution < -0.4 is 10.3 Å². The summed E-state index contributed by atoms with van der Waals surface area (Å²) in [5.74, 6) is -0.195. The Morgan fingerprint density at radius 2 is 1.77 bits per heavy atom. The third kappa shape index (κ3) is 2.71. The summed E-state index contributed by atoms with van der Waals surface area (Å²) in [5, 5.41) is 4.14. The molecular weight excluding hydrogens is 322 g/mol. The lowest BCUT2D eigenvalue weighted by molar-refractivity contribution is 0.0955. The first-order valence-electron chi connectivity index (χ1n) is 9.15. The van der Waals surface area contributed by atoms with Crippen molar-refractivity contribution in [3.8, 4) is 0 Å². The number of likely N-dealkylation sites (N-methyl/N-ethyl adjacent to an activating group) is 1. The van der Waals surface area contributed by atoms with Crippen LogP contribution in [0.4, 0.5) is 5.69 Å². The van der Waals surface area contributed by atoms with Crippen LogP contribution in [0.15, 0.2) is 71.5 Å². The Kier molecular flexibility index (Phi) is 4.33. The summed E-state index contributed by atoms with van der Waals surface area (Å²) in [4.78, 5) is 14.3. The molecule has 0 radical (unpaired) electrons. The maximum Gasteiger partial charge on any atom is 0.271 e. The molecule has 4 nitrogen and oxygen atoms in total. The van der Waals surface area contributed by atoms with Gasteiger partial charge in [-0.25, -0.2) is 5.43 Å². The van der Waals surface area contributed by atoms with Crippen molar-refractivity contribution in [2.75, 3.05) is 11.9 Å². The minimum atomic E-state index is -0.195. The zero-order valence-electron chi connectivity index (χ0n) is 15.0. The van der Waals surface area contributed by atoms with Gasteiger partial charge in [0.05, 0.1) is 0 Å². The van der Waals surface area contributed by atoms with Gasteiger partial charge in [-0.05, 0) is 42.7 Å². The molecule has 132 valence electrons. The summed E-state index contributed by atoms with van der Waals surface area (Å²) in [6.45, 7) is 0. The molecule has 0 aromatic heterocycles. The lowest BCUT2D eigenvalue weighted by Gasteiger charge is -2.27. The molecule has 0 unspecified atom stereocenters. The van der Waals surface area contributed by atoms with Crippen molar-refractivity contribution >= 4 is 17.8 Å². The maximum absolute atomic E-state index is 12.1. The number of nitrogens with one attached hydrogen (secondary N) is 1. The van der Waals surface area contributed by atoms with Crippen molar-refractivity contribution in [3.63, 3.8) is 0 Å². The summed E-state index contributed by atoms with van der Waals surface area (Å²) in [5.41, 5.74) is 7.29. The molecule has 2 aromatic carbocycles. The van der Waals surface area contributed by atoms with Gasteiger partial charge in [0.1, 0.15) is 0 Å². The number of fused-ring (bicyclic) bond motifs is 2. The van der Waals surface area contributed by atoms with Crippen LogP contribution >= 0.6 is 0 Å². The molecule has 1 aliphatic carbocycles. The molecule has 2 aromatic rings. The maximum atomic E-state index is 12.1. The van der Waals surface area contributed by atoms with E-state index in [0.29, 0.717) is 5.56 Å².